The van der Waals surface area contributed by atoms with E-state index in [1.165, 1.54) is 38.5 Å². The molecule has 0 aliphatic heterocycles. The largest absolute Gasteiger partial charge is 0.497 e. The van der Waals surface area contributed by atoms with Crippen LogP contribution >= 0.6 is 12.2 Å². The summed E-state index contributed by atoms with van der Waals surface area (Å²) in [6.07, 6.45) is 7.79. The van der Waals surface area contributed by atoms with Crippen LogP contribution in [0.2, 0.25) is 0 Å². The van der Waals surface area contributed by atoms with Crippen LogP contribution in [0.3, 0.4) is 0 Å². The number of benzene rings is 1. The van der Waals surface area contributed by atoms with Gasteiger partial charge in [0.05, 0.1) is 7.11 Å². The maximum atomic E-state index is 5.37. The zero-order valence-electron chi connectivity index (χ0n) is 11.4. The summed E-state index contributed by atoms with van der Waals surface area (Å²) in [5, 5.41) is 7.37. The van der Waals surface area contributed by atoms with E-state index in [2.05, 4.69) is 10.6 Å². The van der Waals surface area contributed by atoms with Crippen molar-refractivity contribution in [3.05, 3.63) is 24.3 Å². The number of ether oxygens (including phenoxy) is 1. The average Bonchev–Trinajstić information content (AvgIpc) is 2.68. The average molecular weight is 278 g/mol. The van der Waals surface area contributed by atoms with Gasteiger partial charge in [0.25, 0.3) is 0 Å². The van der Waals surface area contributed by atoms with Crippen molar-refractivity contribution in [1.29, 1.82) is 0 Å². The minimum absolute atomic E-state index is 0.528. The van der Waals surface area contributed by atoms with Gasteiger partial charge in [-0.05, 0) is 49.3 Å². The van der Waals surface area contributed by atoms with Crippen LogP contribution in [0, 0.1) is 0 Å². The topological polar surface area (TPSA) is 33.3 Å². The molecule has 0 unspecified atom stereocenters. The van der Waals surface area contributed by atoms with Crippen molar-refractivity contribution >= 4 is 23.0 Å². The van der Waals surface area contributed by atoms with Gasteiger partial charge in [-0.1, -0.05) is 25.7 Å². The van der Waals surface area contributed by atoms with Crippen molar-refractivity contribution in [1.82, 2.24) is 5.32 Å². The van der Waals surface area contributed by atoms with Crippen LogP contribution in [-0.4, -0.2) is 18.3 Å². The fraction of sp³-hybridized carbons (Fsp3) is 0.533. The molecule has 1 aromatic rings. The first-order valence-electron chi connectivity index (χ1n) is 6.99. The normalized spacial score (nSPS) is 16.5. The zero-order chi connectivity index (χ0) is 13.5. The lowest BCUT2D eigenvalue weighted by Crippen LogP contribution is -2.37. The molecule has 0 radical (unpaired) electrons. The first-order chi connectivity index (χ1) is 9.28. The molecule has 104 valence electrons. The Morgan fingerprint density at radius 3 is 2.32 bits per heavy atom. The second-order valence-electron chi connectivity index (χ2n) is 5.02. The van der Waals surface area contributed by atoms with Gasteiger partial charge in [-0.25, -0.2) is 0 Å². The molecule has 0 heterocycles. The van der Waals surface area contributed by atoms with Crippen molar-refractivity contribution in [3.8, 4) is 5.75 Å². The van der Waals surface area contributed by atoms with E-state index in [1.54, 1.807) is 7.11 Å². The monoisotopic (exact) mass is 278 g/mol. The van der Waals surface area contributed by atoms with E-state index in [9.17, 15) is 0 Å². The molecule has 0 amide bonds. The van der Waals surface area contributed by atoms with Gasteiger partial charge in [0.2, 0.25) is 0 Å². The molecule has 0 saturated heterocycles. The highest BCUT2D eigenvalue weighted by molar-refractivity contribution is 7.80. The van der Waals surface area contributed by atoms with E-state index in [4.69, 9.17) is 17.0 Å². The van der Waals surface area contributed by atoms with E-state index >= 15 is 0 Å². The molecule has 1 aromatic carbocycles. The predicted molar refractivity (Wildman–Crippen MR) is 83.8 cm³/mol. The number of anilines is 1. The quantitative estimate of drug-likeness (QED) is 0.652. The van der Waals surface area contributed by atoms with Gasteiger partial charge < -0.3 is 15.4 Å². The van der Waals surface area contributed by atoms with Gasteiger partial charge in [-0.3, -0.25) is 0 Å². The molecule has 0 spiro atoms. The van der Waals surface area contributed by atoms with Gasteiger partial charge in [-0.15, -0.1) is 0 Å². The molecular formula is C15H22N2OS. The van der Waals surface area contributed by atoms with Crippen molar-refractivity contribution in [2.24, 2.45) is 0 Å². The van der Waals surface area contributed by atoms with Gasteiger partial charge in [0.1, 0.15) is 5.75 Å². The molecule has 1 fully saturated rings. The summed E-state index contributed by atoms with van der Waals surface area (Å²) >= 11 is 5.37. The number of methoxy groups -OCH3 is 1. The Kier molecular flexibility index (Phi) is 5.45. The molecule has 2 rings (SSSR count). The third-order valence-corrected chi connectivity index (χ3v) is 3.76. The van der Waals surface area contributed by atoms with Crippen molar-refractivity contribution in [2.45, 2.75) is 44.6 Å². The molecule has 1 saturated carbocycles. The first kappa shape index (κ1) is 14.1. The number of rotatable bonds is 3. The predicted octanol–water partition coefficient (Wildman–Crippen LogP) is 3.70. The van der Waals surface area contributed by atoms with Gasteiger partial charge in [0, 0.05) is 11.7 Å². The van der Waals surface area contributed by atoms with Crippen LogP contribution in [0.15, 0.2) is 24.3 Å². The minimum Gasteiger partial charge on any atom is -0.497 e. The van der Waals surface area contributed by atoms with Crippen LogP contribution in [0.5, 0.6) is 5.75 Å². The van der Waals surface area contributed by atoms with Gasteiger partial charge in [-0.2, -0.15) is 0 Å². The molecular weight excluding hydrogens is 256 g/mol. The Balaban J connectivity index is 1.82. The molecule has 3 nitrogen and oxygen atoms in total. The second kappa shape index (κ2) is 7.34. The Morgan fingerprint density at radius 1 is 1.11 bits per heavy atom. The third-order valence-electron chi connectivity index (χ3n) is 3.54. The van der Waals surface area contributed by atoms with Crippen molar-refractivity contribution < 1.29 is 4.74 Å². The Bertz CT molecular complexity index is 397. The van der Waals surface area contributed by atoms with Crippen LogP contribution in [-0.2, 0) is 0 Å². The zero-order valence-corrected chi connectivity index (χ0v) is 12.3. The van der Waals surface area contributed by atoms with Crippen LogP contribution in [0.25, 0.3) is 0 Å². The van der Waals surface area contributed by atoms with E-state index in [1.807, 2.05) is 24.3 Å². The Morgan fingerprint density at radius 2 is 1.74 bits per heavy atom. The molecule has 0 bridgehead atoms. The molecule has 19 heavy (non-hydrogen) atoms. The van der Waals surface area contributed by atoms with Gasteiger partial charge >= 0.3 is 0 Å². The highest BCUT2D eigenvalue weighted by Crippen LogP contribution is 2.18. The maximum Gasteiger partial charge on any atom is 0.170 e. The summed E-state index contributed by atoms with van der Waals surface area (Å²) in [4.78, 5) is 0. The highest BCUT2D eigenvalue weighted by atomic mass is 32.1. The fourth-order valence-corrected chi connectivity index (χ4v) is 2.74. The number of hydrogen-bond donors (Lipinski definition) is 2. The number of hydrogen-bond acceptors (Lipinski definition) is 2. The lowest BCUT2D eigenvalue weighted by molar-refractivity contribution is 0.415. The van der Waals surface area contributed by atoms with Crippen LogP contribution in [0.1, 0.15) is 38.5 Å². The Labute approximate surface area is 120 Å². The first-order valence-corrected chi connectivity index (χ1v) is 7.40. The lowest BCUT2D eigenvalue weighted by Gasteiger charge is -2.19. The molecule has 1 aliphatic carbocycles. The SMILES string of the molecule is COc1ccc(NC(=S)NC2CCCCCC2)cc1. The second-order valence-corrected chi connectivity index (χ2v) is 5.42. The van der Waals surface area contributed by atoms with E-state index in [-0.39, 0.29) is 0 Å². The molecule has 1 aliphatic rings. The third kappa shape index (κ3) is 4.71. The van der Waals surface area contributed by atoms with E-state index in [0.717, 1.165) is 16.5 Å². The van der Waals surface area contributed by atoms with Crippen molar-refractivity contribution in [3.63, 3.8) is 0 Å². The Hall–Kier alpha value is -1.29. The molecule has 2 N–H and O–H groups in total. The summed E-state index contributed by atoms with van der Waals surface area (Å²) in [6.45, 7) is 0. The van der Waals surface area contributed by atoms with Crippen LogP contribution in [0.4, 0.5) is 5.69 Å². The molecule has 0 aromatic heterocycles. The minimum atomic E-state index is 0.528. The molecule has 0 atom stereocenters. The standard InChI is InChI=1S/C15H22N2OS/c1-18-14-10-8-13(9-11-14)17-15(19)16-12-6-4-2-3-5-7-12/h8-12H,2-7H2,1H3,(H2,16,17,19). The summed E-state index contributed by atoms with van der Waals surface area (Å²) < 4.78 is 5.13. The number of nitrogens with one attached hydrogen (secondary N) is 2. The van der Waals surface area contributed by atoms with Crippen molar-refractivity contribution in [2.75, 3.05) is 12.4 Å². The smallest absolute Gasteiger partial charge is 0.170 e. The lowest BCUT2D eigenvalue weighted by atomic mass is 10.1. The summed E-state index contributed by atoms with van der Waals surface area (Å²) in [7, 11) is 1.67. The molecule has 4 heteroatoms. The fourth-order valence-electron chi connectivity index (χ4n) is 2.45. The van der Waals surface area contributed by atoms with Gasteiger partial charge in [0.15, 0.2) is 5.11 Å². The van der Waals surface area contributed by atoms with Crippen LogP contribution < -0.4 is 15.4 Å². The van der Waals surface area contributed by atoms with E-state index in [0.29, 0.717) is 6.04 Å². The number of thiocarbonyl (C=S) groups is 1. The highest BCUT2D eigenvalue weighted by Gasteiger charge is 2.12. The summed E-state index contributed by atoms with van der Waals surface area (Å²) in [5.41, 5.74) is 0.993. The van der Waals surface area contributed by atoms with E-state index < -0.39 is 0 Å². The summed E-state index contributed by atoms with van der Waals surface area (Å²) in [5.74, 6) is 0.855. The summed E-state index contributed by atoms with van der Waals surface area (Å²) in [6, 6.07) is 8.33. The maximum absolute atomic E-state index is 5.37.